The number of rotatable bonds is 4. The quantitative estimate of drug-likeness (QED) is 0.931. The van der Waals surface area contributed by atoms with Crippen molar-refractivity contribution in [1.29, 1.82) is 0 Å². The molecule has 0 spiro atoms. The molecule has 1 aliphatic heterocycles. The van der Waals surface area contributed by atoms with E-state index in [1.165, 1.54) is 0 Å². The van der Waals surface area contributed by atoms with Crippen LogP contribution in [-0.4, -0.2) is 21.5 Å². The average Bonchev–Trinajstić information content (AvgIpc) is 3.06. The Morgan fingerprint density at radius 2 is 2.30 bits per heavy atom. The van der Waals surface area contributed by atoms with Gasteiger partial charge in [0.25, 0.3) is 0 Å². The number of benzene rings is 1. The van der Waals surface area contributed by atoms with Crippen LogP contribution >= 0.6 is 15.9 Å². The van der Waals surface area contributed by atoms with E-state index in [-0.39, 0.29) is 6.79 Å². The summed E-state index contributed by atoms with van der Waals surface area (Å²) in [6.45, 7) is 3.11. The fourth-order valence-electron chi connectivity index (χ4n) is 2.29. The van der Waals surface area contributed by atoms with E-state index in [1.54, 1.807) is 6.20 Å². The van der Waals surface area contributed by atoms with E-state index in [4.69, 9.17) is 9.47 Å². The Labute approximate surface area is 125 Å². The molecule has 3 rings (SSSR count). The summed E-state index contributed by atoms with van der Waals surface area (Å²) < 4.78 is 13.5. The van der Waals surface area contributed by atoms with E-state index in [2.05, 4.69) is 27.8 Å². The topological polar surface area (TPSA) is 56.5 Å². The highest BCUT2D eigenvalue weighted by atomic mass is 79.9. The molecule has 2 heterocycles. The number of fused-ring (bicyclic) bond motifs is 1. The Morgan fingerprint density at radius 3 is 3.10 bits per heavy atom. The van der Waals surface area contributed by atoms with Gasteiger partial charge in [-0.25, -0.2) is 4.98 Å². The number of nitrogens with zero attached hydrogens (tertiary/aromatic N) is 2. The molecule has 0 bridgehead atoms. The van der Waals surface area contributed by atoms with Gasteiger partial charge in [0.1, 0.15) is 5.82 Å². The summed E-state index contributed by atoms with van der Waals surface area (Å²) in [5.74, 6) is 2.22. The summed E-state index contributed by atoms with van der Waals surface area (Å²) in [7, 11) is 0. The van der Waals surface area contributed by atoms with E-state index in [1.807, 2.05) is 22.9 Å². The summed E-state index contributed by atoms with van der Waals surface area (Å²) in [4.78, 5) is 4.28. The van der Waals surface area contributed by atoms with Gasteiger partial charge >= 0.3 is 0 Å². The molecular formula is C14H15BrN2O3. The highest BCUT2D eigenvalue weighted by Gasteiger charge is 2.21. The molecule has 106 valence electrons. The normalized spacial score (nSPS) is 14.6. The lowest BCUT2D eigenvalue weighted by Gasteiger charge is -2.13. The smallest absolute Gasteiger partial charge is 0.231 e. The van der Waals surface area contributed by atoms with E-state index in [0.717, 1.165) is 22.4 Å². The predicted octanol–water partition coefficient (Wildman–Crippen LogP) is 2.67. The van der Waals surface area contributed by atoms with Crippen molar-refractivity contribution in [1.82, 2.24) is 9.55 Å². The molecule has 0 amide bonds. The lowest BCUT2D eigenvalue weighted by molar-refractivity contribution is 0.170. The molecule has 0 aliphatic carbocycles. The number of imidazole rings is 1. The molecule has 1 aliphatic rings. The molecule has 0 fully saturated rings. The average molecular weight is 339 g/mol. The predicted molar refractivity (Wildman–Crippen MR) is 76.8 cm³/mol. The van der Waals surface area contributed by atoms with Crippen LogP contribution in [0.4, 0.5) is 0 Å². The van der Waals surface area contributed by atoms with Gasteiger partial charge in [-0.1, -0.05) is 0 Å². The van der Waals surface area contributed by atoms with Crippen molar-refractivity contribution in [2.45, 2.75) is 26.0 Å². The van der Waals surface area contributed by atoms with E-state index < -0.39 is 6.10 Å². The first-order valence-electron chi connectivity index (χ1n) is 6.46. The molecule has 5 nitrogen and oxygen atoms in total. The highest BCUT2D eigenvalue weighted by Crippen LogP contribution is 2.41. The van der Waals surface area contributed by atoms with Gasteiger partial charge in [-0.15, -0.1) is 0 Å². The number of aromatic nitrogens is 2. The first-order valence-corrected chi connectivity index (χ1v) is 7.25. The molecule has 0 saturated heterocycles. The van der Waals surface area contributed by atoms with Crippen molar-refractivity contribution < 1.29 is 14.6 Å². The summed E-state index contributed by atoms with van der Waals surface area (Å²) in [5, 5.41) is 10.4. The third-order valence-corrected chi connectivity index (χ3v) is 3.94. The molecule has 1 atom stereocenters. The lowest BCUT2D eigenvalue weighted by atomic mass is 10.1. The standard InChI is InChI=1S/C14H15BrN2O3/c1-2-17-4-3-16-13(17)7-11(18)9-5-10(15)14-12(6-9)19-8-20-14/h3-6,11,18H,2,7-8H2,1H3. The molecule has 1 aromatic carbocycles. The molecule has 1 unspecified atom stereocenters. The second kappa shape index (κ2) is 5.46. The van der Waals surface area contributed by atoms with Crippen molar-refractivity contribution >= 4 is 15.9 Å². The van der Waals surface area contributed by atoms with Crippen molar-refractivity contribution in [3.05, 3.63) is 40.4 Å². The van der Waals surface area contributed by atoms with Gasteiger partial charge in [0.15, 0.2) is 11.5 Å². The van der Waals surface area contributed by atoms with Crippen molar-refractivity contribution in [2.24, 2.45) is 0 Å². The summed E-state index contributed by atoms with van der Waals surface area (Å²) in [6.07, 6.45) is 3.50. The monoisotopic (exact) mass is 338 g/mol. The van der Waals surface area contributed by atoms with E-state index >= 15 is 0 Å². The Bertz CT molecular complexity index is 627. The number of aryl methyl sites for hydroxylation is 1. The van der Waals surface area contributed by atoms with Crippen LogP contribution < -0.4 is 9.47 Å². The maximum atomic E-state index is 10.4. The molecule has 2 aromatic rings. The second-order valence-corrected chi connectivity index (χ2v) is 5.44. The van der Waals surface area contributed by atoms with E-state index in [9.17, 15) is 5.11 Å². The van der Waals surface area contributed by atoms with E-state index in [0.29, 0.717) is 17.9 Å². The highest BCUT2D eigenvalue weighted by molar-refractivity contribution is 9.10. The van der Waals surface area contributed by atoms with Crippen LogP contribution in [0, 0.1) is 0 Å². The largest absolute Gasteiger partial charge is 0.454 e. The zero-order valence-corrected chi connectivity index (χ0v) is 12.6. The van der Waals surface area contributed by atoms with Crippen molar-refractivity contribution in [2.75, 3.05) is 6.79 Å². The fraction of sp³-hybridized carbons (Fsp3) is 0.357. The molecule has 0 radical (unpaired) electrons. The Morgan fingerprint density at radius 1 is 1.45 bits per heavy atom. The van der Waals surface area contributed by atoms with Gasteiger partial charge in [-0.2, -0.15) is 0 Å². The molecule has 20 heavy (non-hydrogen) atoms. The summed E-state index contributed by atoms with van der Waals surface area (Å²) >= 11 is 3.44. The second-order valence-electron chi connectivity index (χ2n) is 4.59. The molecule has 0 saturated carbocycles. The number of aliphatic hydroxyl groups excluding tert-OH is 1. The maximum Gasteiger partial charge on any atom is 0.231 e. The fourth-order valence-corrected chi connectivity index (χ4v) is 2.86. The number of ether oxygens (including phenoxy) is 2. The summed E-state index contributed by atoms with van der Waals surface area (Å²) in [5.41, 5.74) is 0.784. The SMILES string of the molecule is CCn1ccnc1CC(O)c1cc(Br)c2c(c1)OCO2. The lowest BCUT2D eigenvalue weighted by Crippen LogP contribution is -2.08. The van der Waals surface area contributed by atoms with Crippen LogP contribution in [0.3, 0.4) is 0 Å². The van der Waals surface area contributed by atoms with Crippen LogP contribution in [0.15, 0.2) is 29.0 Å². The Balaban J connectivity index is 1.84. The van der Waals surface area contributed by atoms with Gasteiger partial charge in [-0.3, -0.25) is 0 Å². The van der Waals surface area contributed by atoms with Gasteiger partial charge in [0.2, 0.25) is 6.79 Å². The first-order chi connectivity index (χ1) is 9.69. The third-order valence-electron chi connectivity index (χ3n) is 3.35. The minimum absolute atomic E-state index is 0.216. The maximum absolute atomic E-state index is 10.4. The van der Waals surface area contributed by atoms with Crippen LogP contribution in [0.25, 0.3) is 0 Å². The molecule has 1 N–H and O–H groups in total. The molecule has 1 aromatic heterocycles. The van der Waals surface area contributed by atoms with Crippen LogP contribution in [0.1, 0.15) is 24.4 Å². The summed E-state index contributed by atoms with van der Waals surface area (Å²) in [6, 6.07) is 3.67. The number of aliphatic hydroxyl groups is 1. The van der Waals surface area contributed by atoms with Gasteiger partial charge in [0.05, 0.1) is 10.6 Å². The first kappa shape index (κ1) is 13.5. The van der Waals surface area contributed by atoms with Gasteiger partial charge in [-0.05, 0) is 40.5 Å². The number of hydrogen-bond acceptors (Lipinski definition) is 4. The molecule has 6 heteroatoms. The Hall–Kier alpha value is -1.53. The van der Waals surface area contributed by atoms with Crippen LogP contribution in [0.2, 0.25) is 0 Å². The minimum Gasteiger partial charge on any atom is -0.454 e. The number of halogens is 1. The van der Waals surface area contributed by atoms with Gasteiger partial charge < -0.3 is 19.1 Å². The zero-order valence-electron chi connectivity index (χ0n) is 11.0. The zero-order chi connectivity index (χ0) is 14.1. The van der Waals surface area contributed by atoms with Crippen LogP contribution in [0.5, 0.6) is 11.5 Å². The van der Waals surface area contributed by atoms with Crippen molar-refractivity contribution in [3.63, 3.8) is 0 Å². The van der Waals surface area contributed by atoms with Gasteiger partial charge in [0, 0.05) is 25.4 Å². The number of hydrogen-bond donors (Lipinski definition) is 1. The third kappa shape index (κ3) is 2.41. The van der Waals surface area contributed by atoms with Crippen LogP contribution in [-0.2, 0) is 13.0 Å². The Kier molecular flexibility index (Phi) is 3.67. The molecular weight excluding hydrogens is 324 g/mol. The van der Waals surface area contributed by atoms with Crippen molar-refractivity contribution in [3.8, 4) is 11.5 Å². The minimum atomic E-state index is -0.631.